The van der Waals surface area contributed by atoms with Crippen molar-refractivity contribution in [3.63, 3.8) is 0 Å². The maximum Gasteiger partial charge on any atom is 0.306 e. The Balaban J connectivity index is 4.00. The summed E-state index contributed by atoms with van der Waals surface area (Å²) in [5.41, 5.74) is 0. The van der Waals surface area contributed by atoms with Gasteiger partial charge in [-0.05, 0) is 96.3 Å². The Labute approximate surface area is 478 Å². The molecule has 0 aliphatic rings. The van der Waals surface area contributed by atoms with Crippen molar-refractivity contribution in [3.05, 3.63) is 72.9 Å². The molecule has 0 rings (SSSR count). The third-order valence-electron chi connectivity index (χ3n) is 14.7. The number of esters is 3. The first kappa shape index (κ1) is 73.8. The zero-order valence-corrected chi connectivity index (χ0v) is 51.2. The lowest BCUT2D eigenvalue weighted by Crippen LogP contribution is -2.30. The zero-order chi connectivity index (χ0) is 55.7. The highest BCUT2D eigenvalue weighted by atomic mass is 16.6. The van der Waals surface area contributed by atoms with Gasteiger partial charge >= 0.3 is 17.9 Å². The van der Waals surface area contributed by atoms with E-state index in [1.807, 2.05) is 0 Å². The number of carbonyl (C=O) groups is 3. The lowest BCUT2D eigenvalue weighted by molar-refractivity contribution is -0.167. The molecule has 0 spiro atoms. The van der Waals surface area contributed by atoms with Crippen LogP contribution in [0.15, 0.2) is 72.9 Å². The molecule has 0 fully saturated rings. The molecule has 0 N–H and O–H groups in total. The summed E-state index contributed by atoms with van der Waals surface area (Å²) in [5, 5.41) is 0. The van der Waals surface area contributed by atoms with Gasteiger partial charge in [-0.1, -0.05) is 299 Å². The van der Waals surface area contributed by atoms with Crippen LogP contribution < -0.4 is 0 Å². The zero-order valence-electron chi connectivity index (χ0n) is 51.2. The molecule has 0 aromatic heterocycles. The van der Waals surface area contributed by atoms with Gasteiger partial charge in [0.05, 0.1) is 0 Å². The highest BCUT2D eigenvalue weighted by Crippen LogP contribution is 2.17. The van der Waals surface area contributed by atoms with Crippen molar-refractivity contribution in [3.8, 4) is 0 Å². The minimum absolute atomic E-state index is 0.0762. The summed E-state index contributed by atoms with van der Waals surface area (Å²) in [6, 6.07) is 0. The van der Waals surface area contributed by atoms with Gasteiger partial charge in [-0.3, -0.25) is 14.4 Å². The second kappa shape index (κ2) is 65.4. The van der Waals surface area contributed by atoms with E-state index in [9.17, 15) is 14.4 Å². The van der Waals surface area contributed by atoms with Crippen LogP contribution in [-0.4, -0.2) is 37.2 Å². The number of hydrogen-bond donors (Lipinski definition) is 0. The van der Waals surface area contributed by atoms with Crippen LogP contribution in [0.5, 0.6) is 0 Å². The van der Waals surface area contributed by atoms with E-state index in [-0.39, 0.29) is 31.1 Å². The fraction of sp³-hybridized carbons (Fsp3) is 0.789. The predicted molar refractivity (Wildman–Crippen MR) is 335 cm³/mol. The highest BCUT2D eigenvalue weighted by Gasteiger charge is 2.19. The summed E-state index contributed by atoms with van der Waals surface area (Å²) in [6.45, 7) is 6.56. The third-order valence-corrected chi connectivity index (χ3v) is 14.7. The van der Waals surface area contributed by atoms with Crippen molar-refractivity contribution in [2.24, 2.45) is 0 Å². The van der Waals surface area contributed by atoms with Crippen LogP contribution in [0.25, 0.3) is 0 Å². The van der Waals surface area contributed by atoms with Gasteiger partial charge in [-0.15, -0.1) is 0 Å². The van der Waals surface area contributed by atoms with Crippen molar-refractivity contribution in [2.75, 3.05) is 13.2 Å². The standard InChI is InChI=1S/C71H126O6/c1-4-7-10-13-15-17-19-21-23-25-27-29-31-32-33-34-35-36-37-38-40-41-43-45-47-49-51-53-55-58-61-64-70(73)76-67-68(66-75-69(72)63-60-57-12-9-6-3)77-71(74)65-62-59-56-54-52-50-48-46-44-42-39-30-28-26-24-22-20-18-16-14-11-8-5-2/h19-22,25-28,31-32,39,42,68H,4-18,23-24,29-30,33-38,40-41,43-67H2,1-3H3/b21-19-,22-20-,27-25-,28-26-,32-31-,42-39-. The number of ether oxygens (including phenoxy) is 3. The molecular weight excluding hydrogens is 949 g/mol. The lowest BCUT2D eigenvalue weighted by Gasteiger charge is -2.18. The monoisotopic (exact) mass is 1070 g/mol. The molecular formula is C71H126O6. The van der Waals surface area contributed by atoms with E-state index < -0.39 is 6.10 Å². The summed E-state index contributed by atoms with van der Waals surface area (Å²) in [4.78, 5) is 38.0. The molecule has 0 saturated heterocycles. The van der Waals surface area contributed by atoms with Crippen molar-refractivity contribution in [1.82, 2.24) is 0 Å². The van der Waals surface area contributed by atoms with Gasteiger partial charge in [0, 0.05) is 19.3 Å². The molecule has 6 heteroatoms. The van der Waals surface area contributed by atoms with E-state index in [1.165, 1.54) is 205 Å². The predicted octanol–water partition coefficient (Wildman–Crippen LogP) is 22.9. The third kappa shape index (κ3) is 63.6. The maximum absolute atomic E-state index is 12.8. The van der Waals surface area contributed by atoms with Crippen molar-refractivity contribution < 1.29 is 28.6 Å². The molecule has 0 aromatic rings. The SMILES string of the molecule is CCCCCCC/C=C\C/C=C\C/C=C\CCCCCCCCCCCCCCCCCCC(=O)OCC(COC(=O)CCCCCCC)OC(=O)CCCCCCCCCC/C=C\C/C=C\C/C=C\CCCCCCC. The van der Waals surface area contributed by atoms with Crippen LogP contribution in [0.3, 0.4) is 0 Å². The Morgan fingerprint density at radius 2 is 0.468 bits per heavy atom. The summed E-state index contributed by atoms with van der Waals surface area (Å²) in [6.07, 6.45) is 85.4. The number of allylic oxidation sites excluding steroid dienone is 12. The molecule has 1 unspecified atom stereocenters. The molecule has 446 valence electrons. The molecule has 0 amide bonds. The normalized spacial score (nSPS) is 12.5. The number of hydrogen-bond acceptors (Lipinski definition) is 6. The molecule has 77 heavy (non-hydrogen) atoms. The first-order valence-corrected chi connectivity index (χ1v) is 33.4. The van der Waals surface area contributed by atoms with Gasteiger partial charge in [-0.2, -0.15) is 0 Å². The van der Waals surface area contributed by atoms with E-state index >= 15 is 0 Å². The van der Waals surface area contributed by atoms with E-state index in [0.29, 0.717) is 19.3 Å². The molecule has 0 bridgehead atoms. The Morgan fingerprint density at radius 3 is 0.727 bits per heavy atom. The first-order valence-electron chi connectivity index (χ1n) is 33.4. The van der Waals surface area contributed by atoms with Gasteiger partial charge in [0.2, 0.25) is 0 Å². The summed E-state index contributed by atoms with van der Waals surface area (Å²) >= 11 is 0. The van der Waals surface area contributed by atoms with Crippen molar-refractivity contribution in [2.45, 2.75) is 348 Å². The van der Waals surface area contributed by atoms with Gasteiger partial charge in [-0.25, -0.2) is 0 Å². The molecule has 0 aliphatic heterocycles. The second-order valence-corrected chi connectivity index (χ2v) is 22.4. The molecule has 0 aromatic carbocycles. The molecule has 0 saturated carbocycles. The fourth-order valence-corrected chi connectivity index (χ4v) is 9.64. The van der Waals surface area contributed by atoms with E-state index in [0.717, 1.165) is 96.3 Å². The number of unbranched alkanes of at least 4 members (excludes halogenated alkanes) is 38. The van der Waals surface area contributed by atoms with E-state index in [1.54, 1.807) is 0 Å². The quantitative estimate of drug-likeness (QED) is 0.0261. The van der Waals surface area contributed by atoms with Gasteiger partial charge in [0.25, 0.3) is 0 Å². The van der Waals surface area contributed by atoms with Crippen LogP contribution in [0.4, 0.5) is 0 Å². The van der Waals surface area contributed by atoms with Gasteiger partial charge in [0.15, 0.2) is 6.10 Å². The average molecular weight is 1080 g/mol. The molecule has 0 heterocycles. The Morgan fingerprint density at radius 1 is 0.260 bits per heavy atom. The maximum atomic E-state index is 12.8. The topological polar surface area (TPSA) is 78.9 Å². The van der Waals surface area contributed by atoms with Crippen LogP contribution >= 0.6 is 0 Å². The minimum Gasteiger partial charge on any atom is -0.462 e. The Hall–Kier alpha value is -3.15. The van der Waals surface area contributed by atoms with Crippen molar-refractivity contribution in [1.29, 1.82) is 0 Å². The molecule has 6 nitrogen and oxygen atoms in total. The molecule has 1 atom stereocenters. The first-order chi connectivity index (χ1) is 38.0. The van der Waals surface area contributed by atoms with Crippen LogP contribution in [-0.2, 0) is 28.6 Å². The van der Waals surface area contributed by atoms with Crippen LogP contribution in [0, 0.1) is 0 Å². The number of rotatable bonds is 61. The van der Waals surface area contributed by atoms with Gasteiger partial charge in [0.1, 0.15) is 13.2 Å². The Kier molecular flexibility index (Phi) is 62.7. The summed E-state index contributed by atoms with van der Waals surface area (Å²) < 4.78 is 16.8. The fourth-order valence-electron chi connectivity index (χ4n) is 9.64. The minimum atomic E-state index is -0.776. The summed E-state index contributed by atoms with van der Waals surface area (Å²) in [7, 11) is 0. The van der Waals surface area contributed by atoms with Crippen LogP contribution in [0.1, 0.15) is 342 Å². The van der Waals surface area contributed by atoms with Crippen molar-refractivity contribution >= 4 is 17.9 Å². The highest BCUT2D eigenvalue weighted by molar-refractivity contribution is 5.71. The van der Waals surface area contributed by atoms with E-state index in [2.05, 4.69) is 93.7 Å². The Bertz CT molecular complexity index is 1420. The molecule has 0 radical (unpaired) electrons. The largest absolute Gasteiger partial charge is 0.462 e. The van der Waals surface area contributed by atoms with Gasteiger partial charge < -0.3 is 14.2 Å². The average Bonchev–Trinajstić information content (AvgIpc) is 3.43. The lowest BCUT2D eigenvalue weighted by atomic mass is 10.0. The van der Waals surface area contributed by atoms with E-state index in [4.69, 9.17) is 14.2 Å². The second-order valence-electron chi connectivity index (χ2n) is 22.4. The molecule has 0 aliphatic carbocycles. The smallest absolute Gasteiger partial charge is 0.306 e. The number of carbonyl (C=O) groups excluding carboxylic acids is 3. The van der Waals surface area contributed by atoms with Crippen LogP contribution in [0.2, 0.25) is 0 Å². The summed E-state index contributed by atoms with van der Waals surface area (Å²) in [5.74, 6) is -0.884.